The van der Waals surface area contributed by atoms with E-state index in [1.807, 2.05) is 0 Å². The van der Waals surface area contributed by atoms with Crippen molar-refractivity contribution in [1.82, 2.24) is 0 Å². The predicted molar refractivity (Wildman–Crippen MR) is 97.4 cm³/mol. The molecule has 0 N–H and O–H groups in total. The highest BCUT2D eigenvalue weighted by molar-refractivity contribution is 9.11. The zero-order chi connectivity index (χ0) is 15.5. The lowest BCUT2D eigenvalue weighted by molar-refractivity contribution is 0.246. The topological polar surface area (TPSA) is 0 Å². The summed E-state index contributed by atoms with van der Waals surface area (Å²) >= 11 is 3.88. The number of hydrogen-bond donors (Lipinski definition) is 0. The van der Waals surface area contributed by atoms with Gasteiger partial charge in [0.15, 0.2) is 0 Å². The van der Waals surface area contributed by atoms with Crippen LogP contribution in [0.15, 0.2) is 47.0 Å². The third-order valence-corrected chi connectivity index (χ3v) is 4.82. The Labute approximate surface area is 138 Å². The molecule has 2 rings (SSSR count). The zero-order valence-corrected chi connectivity index (χ0v) is 15.3. The highest BCUT2D eigenvalue weighted by Gasteiger charge is 2.33. The first-order valence-electron chi connectivity index (χ1n) is 8.05. The van der Waals surface area contributed by atoms with Crippen molar-refractivity contribution in [3.63, 3.8) is 0 Å². The van der Waals surface area contributed by atoms with Crippen molar-refractivity contribution in [3.05, 3.63) is 52.5 Å². The SMILES string of the molecule is CC(C)CC1(CC(C)C)C=CC(c2ccccc2)=C(Br)C1. The fourth-order valence-electron chi connectivity index (χ4n) is 3.67. The molecular weight excluding hydrogens is 320 g/mol. The summed E-state index contributed by atoms with van der Waals surface area (Å²) in [5.41, 5.74) is 2.97. The average Bonchev–Trinajstić information content (AvgIpc) is 2.37. The molecule has 1 aromatic rings. The molecule has 21 heavy (non-hydrogen) atoms. The lowest BCUT2D eigenvalue weighted by atomic mass is 9.69. The summed E-state index contributed by atoms with van der Waals surface area (Å²) in [6.07, 6.45) is 8.48. The van der Waals surface area contributed by atoms with Gasteiger partial charge in [-0.3, -0.25) is 0 Å². The van der Waals surface area contributed by atoms with Crippen molar-refractivity contribution in [1.29, 1.82) is 0 Å². The molecule has 0 atom stereocenters. The second kappa shape index (κ2) is 6.96. The number of halogens is 1. The van der Waals surface area contributed by atoms with Crippen molar-refractivity contribution in [2.45, 2.75) is 47.0 Å². The lowest BCUT2D eigenvalue weighted by Gasteiger charge is -2.37. The van der Waals surface area contributed by atoms with Crippen molar-refractivity contribution in [2.24, 2.45) is 17.3 Å². The maximum absolute atomic E-state index is 3.88. The van der Waals surface area contributed by atoms with Crippen LogP contribution >= 0.6 is 15.9 Å². The van der Waals surface area contributed by atoms with Crippen LogP contribution in [-0.2, 0) is 0 Å². The summed E-state index contributed by atoms with van der Waals surface area (Å²) in [6.45, 7) is 9.33. The first-order valence-corrected chi connectivity index (χ1v) is 8.84. The van der Waals surface area contributed by atoms with Crippen LogP contribution in [0.25, 0.3) is 5.57 Å². The standard InChI is InChI=1S/C20H27Br/c1-15(2)12-20(13-16(3)4)11-10-18(19(21)14-20)17-8-6-5-7-9-17/h5-11,15-16H,12-14H2,1-4H3. The van der Waals surface area contributed by atoms with E-state index in [1.165, 1.54) is 28.5 Å². The van der Waals surface area contributed by atoms with E-state index in [4.69, 9.17) is 0 Å². The monoisotopic (exact) mass is 346 g/mol. The first kappa shape index (κ1) is 16.5. The van der Waals surface area contributed by atoms with E-state index in [9.17, 15) is 0 Å². The van der Waals surface area contributed by atoms with Gasteiger partial charge in [-0.25, -0.2) is 0 Å². The van der Waals surface area contributed by atoms with Crippen LogP contribution in [0, 0.1) is 17.3 Å². The second-order valence-corrected chi connectivity index (χ2v) is 8.21. The Morgan fingerprint density at radius 2 is 1.57 bits per heavy atom. The van der Waals surface area contributed by atoms with Gasteiger partial charge in [-0.15, -0.1) is 0 Å². The summed E-state index contributed by atoms with van der Waals surface area (Å²) in [6, 6.07) is 10.7. The Balaban J connectivity index is 2.28. The number of rotatable bonds is 5. The van der Waals surface area contributed by atoms with Gasteiger partial charge in [0.1, 0.15) is 0 Å². The predicted octanol–water partition coefficient (Wildman–Crippen LogP) is 6.83. The summed E-state index contributed by atoms with van der Waals surface area (Å²) in [5, 5.41) is 0. The highest BCUT2D eigenvalue weighted by atomic mass is 79.9. The van der Waals surface area contributed by atoms with Crippen molar-refractivity contribution in [2.75, 3.05) is 0 Å². The van der Waals surface area contributed by atoms with Crippen LogP contribution in [0.5, 0.6) is 0 Å². The Morgan fingerprint density at radius 3 is 2.05 bits per heavy atom. The van der Waals surface area contributed by atoms with E-state index in [1.54, 1.807) is 0 Å². The molecule has 0 radical (unpaired) electrons. The van der Waals surface area contributed by atoms with E-state index in [2.05, 4.69) is 86.1 Å². The van der Waals surface area contributed by atoms with Gasteiger partial charge >= 0.3 is 0 Å². The van der Waals surface area contributed by atoms with Gasteiger partial charge in [0.05, 0.1) is 0 Å². The van der Waals surface area contributed by atoms with Crippen LogP contribution < -0.4 is 0 Å². The molecule has 0 fully saturated rings. The van der Waals surface area contributed by atoms with Crippen molar-refractivity contribution >= 4 is 21.5 Å². The second-order valence-electron chi connectivity index (χ2n) is 7.25. The van der Waals surface area contributed by atoms with E-state index in [-0.39, 0.29) is 0 Å². The minimum Gasteiger partial charge on any atom is -0.0773 e. The number of hydrogen-bond acceptors (Lipinski definition) is 0. The molecule has 0 amide bonds. The Morgan fingerprint density at radius 1 is 1.00 bits per heavy atom. The van der Waals surface area contributed by atoms with Gasteiger partial charge in [-0.05, 0) is 47.6 Å². The Bertz CT molecular complexity index is 510. The zero-order valence-electron chi connectivity index (χ0n) is 13.7. The minimum absolute atomic E-state index is 0.319. The quantitative estimate of drug-likeness (QED) is 0.547. The van der Waals surface area contributed by atoms with Crippen LogP contribution in [-0.4, -0.2) is 0 Å². The van der Waals surface area contributed by atoms with E-state index in [0.29, 0.717) is 5.41 Å². The van der Waals surface area contributed by atoms with Crippen molar-refractivity contribution < 1.29 is 0 Å². The summed E-state index contributed by atoms with van der Waals surface area (Å²) in [7, 11) is 0. The summed E-state index contributed by atoms with van der Waals surface area (Å²) < 4.78 is 1.36. The van der Waals surface area contributed by atoms with Crippen LogP contribution in [0.1, 0.15) is 52.5 Å². The summed E-state index contributed by atoms with van der Waals surface area (Å²) in [4.78, 5) is 0. The van der Waals surface area contributed by atoms with Gasteiger partial charge in [0, 0.05) is 4.48 Å². The molecule has 1 aromatic carbocycles. The average molecular weight is 347 g/mol. The number of benzene rings is 1. The Hall–Kier alpha value is -0.820. The molecule has 0 aromatic heterocycles. The number of allylic oxidation sites excluding steroid dienone is 4. The largest absolute Gasteiger partial charge is 0.0773 e. The third-order valence-electron chi connectivity index (χ3n) is 4.12. The first-order chi connectivity index (χ1) is 9.92. The van der Waals surface area contributed by atoms with E-state index in [0.717, 1.165) is 18.3 Å². The molecule has 1 heteroatoms. The molecule has 1 aliphatic rings. The van der Waals surface area contributed by atoms with Crippen LogP contribution in [0.3, 0.4) is 0 Å². The summed E-state index contributed by atoms with van der Waals surface area (Å²) in [5.74, 6) is 1.46. The molecule has 0 bridgehead atoms. The van der Waals surface area contributed by atoms with Gasteiger partial charge < -0.3 is 0 Å². The third kappa shape index (κ3) is 4.32. The smallest absolute Gasteiger partial charge is 0.00375 e. The van der Waals surface area contributed by atoms with Gasteiger partial charge in [-0.2, -0.15) is 0 Å². The van der Waals surface area contributed by atoms with Gasteiger partial charge in [0.25, 0.3) is 0 Å². The van der Waals surface area contributed by atoms with E-state index >= 15 is 0 Å². The highest BCUT2D eigenvalue weighted by Crippen LogP contribution is 2.47. The fraction of sp³-hybridized carbons (Fsp3) is 0.500. The molecular formula is C20H27Br. The molecule has 0 saturated carbocycles. The molecule has 0 aliphatic heterocycles. The van der Waals surface area contributed by atoms with Crippen LogP contribution in [0.2, 0.25) is 0 Å². The molecule has 0 heterocycles. The Kier molecular flexibility index (Phi) is 5.48. The molecule has 114 valence electrons. The molecule has 1 aliphatic carbocycles. The molecule has 0 spiro atoms. The maximum atomic E-state index is 3.88. The molecule has 0 nitrogen and oxygen atoms in total. The van der Waals surface area contributed by atoms with Crippen molar-refractivity contribution in [3.8, 4) is 0 Å². The fourth-order valence-corrected chi connectivity index (χ4v) is 4.59. The normalized spacial score (nSPS) is 17.9. The van der Waals surface area contributed by atoms with Crippen LogP contribution in [0.4, 0.5) is 0 Å². The molecule has 0 unspecified atom stereocenters. The van der Waals surface area contributed by atoms with Gasteiger partial charge in [0.2, 0.25) is 0 Å². The molecule has 0 saturated heterocycles. The minimum atomic E-state index is 0.319. The lowest BCUT2D eigenvalue weighted by Crippen LogP contribution is -2.25. The maximum Gasteiger partial charge on any atom is 0.00375 e. The van der Waals surface area contributed by atoms with Gasteiger partial charge in [-0.1, -0.05) is 86.1 Å². The van der Waals surface area contributed by atoms with E-state index < -0.39 is 0 Å².